The molecule has 8 heteroatoms. The van der Waals surface area contributed by atoms with Crippen molar-refractivity contribution in [2.45, 2.75) is 31.0 Å². The Hall–Kier alpha value is -1.60. The van der Waals surface area contributed by atoms with Crippen LogP contribution in [0.1, 0.15) is 24.8 Å². The predicted octanol–water partition coefficient (Wildman–Crippen LogP) is 4.79. The first kappa shape index (κ1) is 18.7. The van der Waals surface area contributed by atoms with Crippen LogP contribution >= 0.6 is 39.1 Å². The molecule has 2 fully saturated rings. The average Bonchev–Trinajstić information content (AvgIpc) is 2.97. The van der Waals surface area contributed by atoms with Gasteiger partial charge in [-0.25, -0.2) is 9.69 Å². The first-order valence-electron chi connectivity index (χ1n) is 8.31. The Bertz CT molecular complexity index is 932. The van der Waals surface area contributed by atoms with Gasteiger partial charge in [0, 0.05) is 26.9 Å². The van der Waals surface area contributed by atoms with Crippen molar-refractivity contribution in [2.24, 2.45) is 0 Å². The maximum Gasteiger partial charge on any atom is 0.334 e. The number of aliphatic hydroxyl groups is 1. The number of halogens is 3. The molecule has 2 aliphatic rings. The molecule has 2 aliphatic heterocycles. The zero-order valence-electron chi connectivity index (χ0n) is 14.2. The number of aliphatic hydroxyl groups excluding tert-OH is 1. The van der Waals surface area contributed by atoms with E-state index in [0.717, 1.165) is 14.9 Å². The standard InChI is InChI=1S/C19H15BrCl2N2O3/c1-19-15(10-2-4-11(20)5-3-10)9-16(25)24(19)18(27)23(17(19)26)14-7-12(21)6-13(22)8-14/h2-8,15-16,25H,9H2,1H3. The Morgan fingerprint density at radius 2 is 1.70 bits per heavy atom. The monoisotopic (exact) mass is 468 g/mol. The summed E-state index contributed by atoms with van der Waals surface area (Å²) in [6.07, 6.45) is -0.764. The van der Waals surface area contributed by atoms with E-state index >= 15 is 0 Å². The van der Waals surface area contributed by atoms with Crippen LogP contribution in [0, 0.1) is 0 Å². The van der Waals surface area contributed by atoms with Gasteiger partial charge in [-0.3, -0.25) is 9.69 Å². The largest absolute Gasteiger partial charge is 0.373 e. The quantitative estimate of drug-likeness (QED) is 0.643. The van der Waals surface area contributed by atoms with Gasteiger partial charge in [-0.2, -0.15) is 0 Å². The zero-order chi connectivity index (χ0) is 19.5. The van der Waals surface area contributed by atoms with E-state index in [4.69, 9.17) is 23.2 Å². The molecule has 2 heterocycles. The van der Waals surface area contributed by atoms with Crippen LogP contribution in [-0.2, 0) is 4.79 Å². The highest BCUT2D eigenvalue weighted by atomic mass is 79.9. The average molecular weight is 470 g/mol. The Labute approximate surface area is 174 Å². The van der Waals surface area contributed by atoms with E-state index in [1.54, 1.807) is 6.92 Å². The fraction of sp³-hybridized carbons (Fsp3) is 0.263. The minimum atomic E-state index is -1.20. The summed E-state index contributed by atoms with van der Waals surface area (Å²) in [5.41, 5.74) is -0.0201. The SMILES string of the molecule is CC12C(=O)N(c3cc(Cl)cc(Cl)c3)C(=O)N1C(O)CC2c1ccc(Br)cc1. The van der Waals surface area contributed by atoms with E-state index in [0.29, 0.717) is 22.2 Å². The molecule has 4 rings (SSSR count). The van der Waals surface area contributed by atoms with Crippen molar-refractivity contribution in [3.63, 3.8) is 0 Å². The molecule has 2 aromatic rings. The molecule has 3 unspecified atom stereocenters. The molecule has 0 spiro atoms. The molecule has 0 aromatic heterocycles. The van der Waals surface area contributed by atoms with Gasteiger partial charge in [-0.1, -0.05) is 51.3 Å². The first-order valence-corrected chi connectivity index (χ1v) is 9.86. The van der Waals surface area contributed by atoms with Crippen LogP contribution in [0.5, 0.6) is 0 Å². The third-order valence-corrected chi connectivity index (χ3v) is 6.30. The molecule has 2 saturated heterocycles. The maximum atomic E-state index is 13.4. The van der Waals surface area contributed by atoms with E-state index in [1.807, 2.05) is 24.3 Å². The summed E-state index contributed by atoms with van der Waals surface area (Å²) in [5, 5.41) is 11.2. The molecule has 3 atom stereocenters. The normalized spacial score (nSPS) is 27.4. The molecular weight excluding hydrogens is 455 g/mol. The number of fused-ring (bicyclic) bond motifs is 1. The Balaban J connectivity index is 1.80. The summed E-state index contributed by atoms with van der Waals surface area (Å²) in [7, 11) is 0. The van der Waals surface area contributed by atoms with Gasteiger partial charge in [0.1, 0.15) is 11.8 Å². The molecule has 0 bridgehead atoms. The summed E-state index contributed by atoms with van der Waals surface area (Å²) in [6.45, 7) is 1.70. The lowest BCUT2D eigenvalue weighted by atomic mass is 9.81. The van der Waals surface area contributed by atoms with Crippen molar-refractivity contribution in [1.29, 1.82) is 0 Å². The lowest BCUT2D eigenvalue weighted by Crippen LogP contribution is -2.47. The molecule has 0 saturated carbocycles. The summed E-state index contributed by atoms with van der Waals surface area (Å²) in [6, 6.07) is 11.5. The smallest absolute Gasteiger partial charge is 0.334 e. The number of carbonyl (C=O) groups is 2. The molecule has 1 N–H and O–H groups in total. The minimum absolute atomic E-state index is 0.291. The maximum absolute atomic E-state index is 13.4. The highest BCUT2D eigenvalue weighted by molar-refractivity contribution is 9.10. The van der Waals surface area contributed by atoms with Gasteiger partial charge in [-0.15, -0.1) is 0 Å². The summed E-state index contributed by atoms with van der Waals surface area (Å²) in [4.78, 5) is 28.7. The molecular formula is C19H15BrCl2N2O3. The molecule has 27 heavy (non-hydrogen) atoms. The van der Waals surface area contributed by atoms with Crippen molar-refractivity contribution >= 4 is 56.8 Å². The second-order valence-corrected chi connectivity index (χ2v) is 8.68. The molecule has 0 radical (unpaired) electrons. The second-order valence-electron chi connectivity index (χ2n) is 6.89. The van der Waals surface area contributed by atoms with Crippen LogP contribution in [-0.4, -0.2) is 33.7 Å². The predicted molar refractivity (Wildman–Crippen MR) is 107 cm³/mol. The van der Waals surface area contributed by atoms with Crippen molar-refractivity contribution in [3.8, 4) is 0 Å². The zero-order valence-corrected chi connectivity index (χ0v) is 17.3. The van der Waals surface area contributed by atoms with Gasteiger partial charge in [-0.05, 0) is 42.8 Å². The van der Waals surface area contributed by atoms with E-state index < -0.39 is 23.7 Å². The van der Waals surface area contributed by atoms with Crippen molar-refractivity contribution in [1.82, 2.24) is 4.90 Å². The van der Waals surface area contributed by atoms with E-state index in [9.17, 15) is 14.7 Å². The highest BCUT2D eigenvalue weighted by Gasteiger charge is 2.65. The van der Waals surface area contributed by atoms with Gasteiger partial charge in [0.15, 0.2) is 0 Å². The summed E-state index contributed by atoms with van der Waals surface area (Å²) < 4.78 is 0.913. The molecule has 2 aromatic carbocycles. The second kappa shape index (κ2) is 6.48. The van der Waals surface area contributed by atoms with Crippen LogP contribution < -0.4 is 4.90 Å². The number of amides is 3. The van der Waals surface area contributed by atoms with Crippen LogP contribution in [0.15, 0.2) is 46.9 Å². The summed E-state index contributed by atoms with van der Waals surface area (Å²) >= 11 is 15.5. The molecule has 3 amide bonds. The van der Waals surface area contributed by atoms with Crippen molar-refractivity contribution in [3.05, 3.63) is 62.5 Å². The fourth-order valence-electron chi connectivity index (χ4n) is 4.07. The number of rotatable bonds is 2. The highest BCUT2D eigenvalue weighted by Crippen LogP contribution is 2.50. The van der Waals surface area contributed by atoms with Crippen LogP contribution in [0.4, 0.5) is 10.5 Å². The third kappa shape index (κ3) is 2.78. The van der Waals surface area contributed by atoms with E-state index in [1.165, 1.54) is 23.1 Å². The van der Waals surface area contributed by atoms with Gasteiger partial charge >= 0.3 is 6.03 Å². The number of carbonyl (C=O) groups excluding carboxylic acids is 2. The number of nitrogens with zero attached hydrogens (tertiary/aromatic N) is 2. The van der Waals surface area contributed by atoms with Crippen LogP contribution in [0.25, 0.3) is 0 Å². The Morgan fingerprint density at radius 1 is 1.11 bits per heavy atom. The summed E-state index contributed by atoms with van der Waals surface area (Å²) in [5.74, 6) is -0.744. The van der Waals surface area contributed by atoms with Crippen LogP contribution in [0.2, 0.25) is 10.0 Å². The number of hydrogen-bond donors (Lipinski definition) is 1. The lowest BCUT2D eigenvalue weighted by molar-refractivity contribution is -0.125. The van der Waals surface area contributed by atoms with Gasteiger partial charge in [0.05, 0.1) is 5.69 Å². The number of imide groups is 1. The number of urea groups is 1. The number of anilines is 1. The molecule has 5 nitrogen and oxygen atoms in total. The minimum Gasteiger partial charge on any atom is -0.373 e. The van der Waals surface area contributed by atoms with Crippen molar-refractivity contribution < 1.29 is 14.7 Å². The lowest BCUT2D eigenvalue weighted by Gasteiger charge is -2.30. The first-order chi connectivity index (χ1) is 12.7. The van der Waals surface area contributed by atoms with Gasteiger partial charge in [0.25, 0.3) is 5.91 Å². The number of hydrogen-bond acceptors (Lipinski definition) is 3. The molecule has 140 valence electrons. The molecule has 0 aliphatic carbocycles. The van der Waals surface area contributed by atoms with E-state index in [-0.39, 0.29) is 5.92 Å². The fourth-order valence-corrected chi connectivity index (χ4v) is 4.85. The number of benzene rings is 2. The topological polar surface area (TPSA) is 60.9 Å². The Kier molecular flexibility index (Phi) is 4.50. The van der Waals surface area contributed by atoms with Gasteiger partial charge < -0.3 is 5.11 Å². The van der Waals surface area contributed by atoms with Crippen molar-refractivity contribution in [2.75, 3.05) is 4.90 Å². The van der Waals surface area contributed by atoms with Gasteiger partial charge in [0.2, 0.25) is 0 Å². The third-order valence-electron chi connectivity index (χ3n) is 5.33. The van der Waals surface area contributed by atoms with E-state index in [2.05, 4.69) is 15.9 Å². The Morgan fingerprint density at radius 3 is 2.30 bits per heavy atom. The van der Waals surface area contributed by atoms with Crippen LogP contribution in [0.3, 0.4) is 0 Å².